The first kappa shape index (κ1) is 35.4. The molecule has 262 valence electrons. The minimum Gasteiger partial charge on any atom is -0.479 e. The van der Waals surface area contributed by atoms with Crippen LogP contribution in [-0.2, 0) is 32.0 Å². The zero-order chi connectivity index (χ0) is 35.5. The average Bonchev–Trinajstić information content (AvgIpc) is 3.47. The van der Waals surface area contributed by atoms with Crippen molar-refractivity contribution < 1.29 is 38.9 Å². The van der Waals surface area contributed by atoms with E-state index in [1.165, 1.54) is 11.0 Å². The number of ether oxygens (including phenoxy) is 1. The van der Waals surface area contributed by atoms with E-state index in [9.17, 15) is 34.2 Å². The van der Waals surface area contributed by atoms with Crippen molar-refractivity contribution in [3.05, 3.63) is 83.9 Å². The summed E-state index contributed by atoms with van der Waals surface area (Å²) < 4.78 is 5.61. The Morgan fingerprint density at radius 1 is 1.08 bits per heavy atom. The van der Waals surface area contributed by atoms with Crippen LogP contribution >= 0.6 is 0 Å². The Bertz CT molecular complexity index is 1590. The van der Waals surface area contributed by atoms with Crippen LogP contribution in [0.3, 0.4) is 0 Å². The summed E-state index contributed by atoms with van der Waals surface area (Å²) in [5.41, 5.74) is 0.406. The molecule has 1 saturated carbocycles. The molecule has 2 fully saturated rings. The number of rotatable bonds is 11. The zero-order valence-corrected chi connectivity index (χ0v) is 28.0. The predicted molar refractivity (Wildman–Crippen MR) is 179 cm³/mol. The van der Waals surface area contributed by atoms with Crippen LogP contribution in [0.5, 0.6) is 0 Å². The van der Waals surface area contributed by atoms with Gasteiger partial charge in [-0.1, -0.05) is 81.4 Å². The summed E-state index contributed by atoms with van der Waals surface area (Å²) in [4.78, 5) is 67.3. The fraction of sp³-hybridized carbons (Fsp3) is 0.472. The van der Waals surface area contributed by atoms with Crippen LogP contribution in [0.1, 0.15) is 56.3 Å². The molecule has 0 aromatic heterocycles. The number of carbonyl (C=O) groups excluding carboxylic acids is 4. The van der Waals surface area contributed by atoms with E-state index in [-0.39, 0.29) is 19.4 Å². The number of aliphatic hydroxyl groups is 1. The standard InChI is InChI=1S/C36H45N5O8/c1-5-23-19-36(23,32(45)46)40-30(43)26-18-24(49-34(48)37-16-15-21-11-7-6-8-12-21)20-41(26)33(47)39-29(35(2,3)4)31(44)38-28-25-14-10-9-13-22(25)17-27(28)42/h5-14,23-24,26-29,42H,1,15-20H2,2-4H3,(H,37,48)(H,38,44)(H,39,47)(H,40,43)(H,45,46)/t23-,24-,26+,27-,28+,29-,36-/m1/s1. The van der Waals surface area contributed by atoms with Gasteiger partial charge in [-0.3, -0.25) is 9.59 Å². The molecule has 3 aliphatic rings. The number of likely N-dealkylation sites (tertiary alicyclic amines) is 1. The minimum atomic E-state index is -1.54. The van der Waals surface area contributed by atoms with Crippen LogP contribution in [0.25, 0.3) is 0 Å². The number of nitrogens with one attached hydrogen (secondary N) is 4. The molecule has 0 radical (unpaired) electrons. The number of amides is 5. The monoisotopic (exact) mass is 675 g/mol. The lowest BCUT2D eigenvalue weighted by Gasteiger charge is -2.34. The first-order valence-corrected chi connectivity index (χ1v) is 16.5. The van der Waals surface area contributed by atoms with Crippen LogP contribution in [0.15, 0.2) is 67.3 Å². The van der Waals surface area contributed by atoms with Gasteiger partial charge in [0.25, 0.3) is 0 Å². The highest BCUT2D eigenvalue weighted by molar-refractivity contribution is 5.95. The second kappa shape index (κ2) is 14.3. The molecule has 1 heterocycles. The van der Waals surface area contributed by atoms with Gasteiger partial charge in [-0.2, -0.15) is 0 Å². The van der Waals surface area contributed by atoms with Gasteiger partial charge in [-0.05, 0) is 34.9 Å². The number of benzene rings is 2. The molecule has 2 aromatic carbocycles. The Hall–Kier alpha value is -4.91. The molecule has 2 aliphatic carbocycles. The second-order valence-corrected chi connectivity index (χ2v) is 14.1. The van der Waals surface area contributed by atoms with Gasteiger partial charge in [-0.15, -0.1) is 6.58 Å². The molecule has 0 unspecified atom stereocenters. The molecule has 13 heteroatoms. The number of carbonyl (C=O) groups is 5. The van der Waals surface area contributed by atoms with Crippen LogP contribution in [0, 0.1) is 11.3 Å². The van der Waals surface area contributed by atoms with Crippen LogP contribution in [0.2, 0.25) is 0 Å². The molecule has 6 N–H and O–H groups in total. The van der Waals surface area contributed by atoms with Gasteiger partial charge in [-0.25, -0.2) is 14.4 Å². The van der Waals surface area contributed by atoms with Gasteiger partial charge in [0.05, 0.1) is 18.7 Å². The molecular weight excluding hydrogens is 630 g/mol. The number of fused-ring (bicyclic) bond motifs is 1. The highest BCUT2D eigenvalue weighted by Crippen LogP contribution is 2.45. The van der Waals surface area contributed by atoms with E-state index in [1.54, 1.807) is 20.8 Å². The molecule has 5 rings (SSSR count). The third-order valence-electron chi connectivity index (χ3n) is 9.55. The Balaban J connectivity index is 1.29. The normalized spacial score (nSPS) is 26.1. The van der Waals surface area contributed by atoms with Crippen LogP contribution in [-0.4, -0.2) is 87.9 Å². The summed E-state index contributed by atoms with van der Waals surface area (Å²) in [5, 5.41) is 31.6. The lowest BCUT2D eigenvalue weighted by Crippen LogP contribution is -2.60. The molecule has 2 aromatic rings. The third-order valence-corrected chi connectivity index (χ3v) is 9.55. The Morgan fingerprint density at radius 3 is 2.43 bits per heavy atom. The van der Waals surface area contributed by atoms with Gasteiger partial charge in [0.2, 0.25) is 11.8 Å². The molecule has 13 nitrogen and oxygen atoms in total. The highest BCUT2D eigenvalue weighted by atomic mass is 16.6. The summed E-state index contributed by atoms with van der Waals surface area (Å²) in [7, 11) is 0. The lowest BCUT2D eigenvalue weighted by atomic mass is 9.86. The first-order valence-electron chi connectivity index (χ1n) is 16.5. The third kappa shape index (κ3) is 7.88. The van der Waals surface area contributed by atoms with Crippen molar-refractivity contribution >= 4 is 29.9 Å². The average molecular weight is 676 g/mol. The molecule has 7 atom stereocenters. The maximum atomic E-state index is 13.9. The van der Waals surface area contributed by atoms with Gasteiger partial charge in [0.15, 0.2) is 0 Å². The van der Waals surface area contributed by atoms with Gasteiger partial charge >= 0.3 is 18.1 Å². The van der Waals surface area contributed by atoms with E-state index in [4.69, 9.17) is 4.74 Å². The van der Waals surface area contributed by atoms with Crippen molar-refractivity contribution in [1.82, 2.24) is 26.2 Å². The maximum absolute atomic E-state index is 13.9. The Kier molecular flexibility index (Phi) is 10.3. The largest absolute Gasteiger partial charge is 0.479 e. The number of nitrogens with zero attached hydrogens (tertiary/aromatic N) is 1. The van der Waals surface area contributed by atoms with Crippen molar-refractivity contribution in [1.29, 1.82) is 0 Å². The minimum absolute atomic E-state index is 0.0861. The summed E-state index contributed by atoms with van der Waals surface area (Å²) >= 11 is 0. The van der Waals surface area contributed by atoms with E-state index in [0.29, 0.717) is 19.4 Å². The molecule has 0 spiro atoms. The summed E-state index contributed by atoms with van der Waals surface area (Å²) in [6.07, 6.45) is 0.0299. The lowest BCUT2D eigenvalue weighted by molar-refractivity contribution is -0.144. The van der Waals surface area contributed by atoms with Gasteiger partial charge in [0, 0.05) is 25.3 Å². The Labute approximate surface area is 285 Å². The number of hydrogen-bond donors (Lipinski definition) is 6. The van der Waals surface area contributed by atoms with Crippen LogP contribution in [0.4, 0.5) is 9.59 Å². The number of carboxylic acids is 1. The zero-order valence-electron chi connectivity index (χ0n) is 28.0. The molecular formula is C36H45N5O8. The van der Waals surface area contributed by atoms with Crippen LogP contribution < -0.4 is 21.3 Å². The van der Waals surface area contributed by atoms with E-state index < -0.39 is 77.1 Å². The number of hydrogen-bond acceptors (Lipinski definition) is 7. The fourth-order valence-electron chi connectivity index (χ4n) is 6.69. The smallest absolute Gasteiger partial charge is 0.407 e. The highest BCUT2D eigenvalue weighted by Gasteiger charge is 2.61. The summed E-state index contributed by atoms with van der Waals surface area (Å²) in [5.74, 6) is -2.94. The van der Waals surface area contributed by atoms with E-state index in [2.05, 4.69) is 27.8 Å². The number of aliphatic hydroxyl groups excluding tert-OH is 1. The first-order chi connectivity index (χ1) is 23.2. The quantitative estimate of drug-likeness (QED) is 0.196. The maximum Gasteiger partial charge on any atom is 0.407 e. The molecule has 1 aliphatic heterocycles. The van der Waals surface area contributed by atoms with Gasteiger partial charge in [0.1, 0.15) is 23.7 Å². The van der Waals surface area contributed by atoms with E-state index in [1.807, 2.05) is 54.6 Å². The number of aliphatic carboxylic acids is 1. The van der Waals surface area contributed by atoms with E-state index >= 15 is 0 Å². The fourth-order valence-corrected chi connectivity index (χ4v) is 6.69. The van der Waals surface area contributed by atoms with Gasteiger partial charge < -0.3 is 41.1 Å². The predicted octanol–water partition coefficient (Wildman–Crippen LogP) is 2.44. The van der Waals surface area contributed by atoms with Crippen molar-refractivity contribution in [2.24, 2.45) is 11.3 Å². The molecule has 0 bridgehead atoms. The summed E-state index contributed by atoms with van der Waals surface area (Å²) in [6, 6.07) is 13.3. The number of alkyl carbamates (subject to hydrolysis) is 1. The van der Waals surface area contributed by atoms with Crippen molar-refractivity contribution in [3.8, 4) is 0 Å². The topological polar surface area (TPSA) is 186 Å². The molecule has 1 saturated heterocycles. The molecule has 49 heavy (non-hydrogen) atoms. The molecule has 5 amide bonds. The SMILES string of the molecule is C=C[C@@H]1C[C@]1(NC(=O)[C@@H]1C[C@@H](OC(=O)NCCc2ccccc2)CN1C(=O)N[C@H](C(=O)N[C@H]1c2ccccc2C[C@H]1O)C(C)(C)C)C(=O)O. The number of urea groups is 1. The summed E-state index contributed by atoms with van der Waals surface area (Å²) in [6.45, 7) is 9.11. The second-order valence-electron chi connectivity index (χ2n) is 14.1. The number of carboxylic acid groups (broad SMARTS) is 1. The van der Waals surface area contributed by atoms with Crippen molar-refractivity contribution in [2.45, 2.75) is 82.3 Å². The van der Waals surface area contributed by atoms with Crippen molar-refractivity contribution in [3.63, 3.8) is 0 Å². The van der Waals surface area contributed by atoms with Crippen molar-refractivity contribution in [2.75, 3.05) is 13.1 Å². The Morgan fingerprint density at radius 2 is 1.78 bits per heavy atom. The van der Waals surface area contributed by atoms with E-state index in [0.717, 1.165) is 16.7 Å².